The summed E-state index contributed by atoms with van der Waals surface area (Å²) in [6.45, 7) is 0. The van der Waals surface area contributed by atoms with Gasteiger partial charge in [0, 0.05) is 17.8 Å². The quantitative estimate of drug-likeness (QED) is 0.824. The first kappa shape index (κ1) is 11.9. The van der Waals surface area contributed by atoms with E-state index in [0.29, 0.717) is 23.3 Å². The van der Waals surface area contributed by atoms with Gasteiger partial charge >= 0.3 is 0 Å². The molecule has 3 nitrogen and oxygen atoms in total. The summed E-state index contributed by atoms with van der Waals surface area (Å²) in [5, 5.41) is 12.0. The number of hydrogen-bond donors (Lipinski definition) is 2. The van der Waals surface area contributed by atoms with E-state index in [-0.39, 0.29) is 5.82 Å². The minimum atomic E-state index is -0.376. The summed E-state index contributed by atoms with van der Waals surface area (Å²) < 4.78 is 13.2. The molecule has 4 heteroatoms. The van der Waals surface area contributed by atoms with Gasteiger partial charge in [0.2, 0.25) is 0 Å². The summed E-state index contributed by atoms with van der Waals surface area (Å²) in [6, 6.07) is 6.93. The predicted octanol–water partition coefficient (Wildman–Crippen LogP) is 2.38. The van der Waals surface area contributed by atoms with Crippen molar-refractivity contribution in [1.82, 2.24) is 0 Å². The topological polar surface area (TPSA) is 61.8 Å². The molecule has 0 aromatic heterocycles. The normalized spacial score (nSPS) is 24.1. The van der Waals surface area contributed by atoms with Gasteiger partial charge in [-0.25, -0.2) is 4.39 Å². The Kier molecular flexibility index (Phi) is 3.60. The molecule has 0 radical (unpaired) electrons. The largest absolute Gasteiger partial charge is 0.382 e. The molecule has 17 heavy (non-hydrogen) atoms. The number of benzene rings is 1. The van der Waals surface area contributed by atoms with Crippen molar-refractivity contribution in [1.29, 1.82) is 5.26 Å². The molecule has 3 N–H and O–H groups in total. The fourth-order valence-electron chi connectivity index (χ4n) is 2.24. The average molecular weight is 233 g/mol. The van der Waals surface area contributed by atoms with Crippen LogP contribution in [0.5, 0.6) is 0 Å². The fourth-order valence-corrected chi connectivity index (χ4v) is 2.24. The maximum Gasteiger partial charge on any atom is 0.126 e. The van der Waals surface area contributed by atoms with Gasteiger partial charge in [-0.05, 0) is 43.9 Å². The summed E-state index contributed by atoms with van der Waals surface area (Å²) in [7, 11) is 0. The van der Waals surface area contributed by atoms with Crippen molar-refractivity contribution < 1.29 is 4.39 Å². The number of nitrogens with two attached hydrogens (primary N) is 1. The Bertz CT molecular complexity index is 431. The Hall–Kier alpha value is -1.60. The Labute approximate surface area is 100 Å². The van der Waals surface area contributed by atoms with Gasteiger partial charge < -0.3 is 11.1 Å². The molecule has 0 unspecified atom stereocenters. The molecule has 1 aliphatic rings. The molecule has 0 aliphatic heterocycles. The third kappa shape index (κ3) is 3.18. The van der Waals surface area contributed by atoms with Crippen LogP contribution in [-0.2, 0) is 0 Å². The Morgan fingerprint density at radius 2 is 1.94 bits per heavy atom. The van der Waals surface area contributed by atoms with E-state index in [2.05, 4.69) is 5.32 Å². The van der Waals surface area contributed by atoms with Crippen LogP contribution in [0.1, 0.15) is 31.2 Å². The molecule has 2 rings (SSSR count). The lowest BCUT2D eigenvalue weighted by Crippen LogP contribution is -2.32. The van der Waals surface area contributed by atoms with Gasteiger partial charge in [0.15, 0.2) is 0 Å². The lowest BCUT2D eigenvalue weighted by Gasteiger charge is -2.27. The van der Waals surface area contributed by atoms with Gasteiger partial charge in [-0.1, -0.05) is 0 Å². The number of nitrogens with one attached hydrogen (secondary N) is 1. The molecule has 1 aliphatic carbocycles. The van der Waals surface area contributed by atoms with Crippen molar-refractivity contribution in [2.45, 2.75) is 37.8 Å². The minimum absolute atomic E-state index is 0.301. The lowest BCUT2D eigenvalue weighted by atomic mass is 9.91. The average Bonchev–Trinajstić information content (AvgIpc) is 2.31. The van der Waals surface area contributed by atoms with Crippen molar-refractivity contribution in [2.24, 2.45) is 5.73 Å². The highest BCUT2D eigenvalue weighted by atomic mass is 19.1. The van der Waals surface area contributed by atoms with E-state index in [0.717, 1.165) is 25.7 Å². The summed E-state index contributed by atoms with van der Waals surface area (Å²) in [4.78, 5) is 0. The molecular formula is C13H16FN3. The summed E-state index contributed by atoms with van der Waals surface area (Å²) >= 11 is 0. The zero-order chi connectivity index (χ0) is 12.3. The second kappa shape index (κ2) is 5.15. The smallest absolute Gasteiger partial charge is 0.126 e. The van der Waals surface area contributed by atoms with Crippen LogP contribution in [0.4, 0.5) is 10.1 Å². The summed E-state index contributed by atoms with van der Waals surface area (Å²) in [5.41, 5.74) is 6.86. The molecule has 0 atom stereocenters. The number of halogens is 1. The van der Waals surface area contributed by atoms with E-state index in [1.807, 2.05) is 6.07 Å². The van der Waals surface area contributed by atoms with Gasteiger partial charge in [0.25, 0.3) is 0 Å². The van der Waals surface area contributed by atoms with Crippen LogP contribution in [-0.4, -0.2) is 12.1 Å². The van der Waals surface area contributed by atoms with Crippen LogP contribution in [0, 0.1) is 17.1 Å². The van der Waals surface area contributed by atoms with Crippen LogP contribution in [0.3, 0.4) is 0 Å². The molecule has 0 amide bonds. The number of hydrogen-bond acceptors (Lipinski definition) is 3. The van der Waals surface area contributed by atoms with Gasteiger partial charge in [-0.15, -0.1) is 0 Å². The van der Waals surface area contributed by atoms with Gasteiger partial charge in [-0.3, -0.25) is 0 Å². The molecule has 0 heterocycles. The summed E-state index contributed by atoms with van der Waals surface area (Å²) in [5.74, 6) is -0.376. The van der Waals surface area contributed by atoms with Crippen LogP contribution < -0.4 is 11.1 Å². The third-order valence-corrected chi connectivity index (χ3v) is 3.17. The number of nitriles is 1. The molecule has 0 saturated heterocycles. The van der Waals surface area contributed by atoms with Crippen LogP contribution in [0.25, 0.3) is 0 Å². The molecule has 1 fully saturated rings. The van der Waals surface area contributed by atoms with E-state index in [1.54, 1.807) is 6.07 Å². The summed E-state index contributed by atoms with van der Waals surface area (Å²) in [6.07, 6.45) is 4.00. The highest BCUT2D eigenvalue weighted by Crippen LogP contribution is 2.22. The maximum absolute atomic E-state index is 13.2. The van der Waals surface area contributed by atoms with E-state index < -0.39 is 0 Å². The minimum Gasteiger partial charge on any atom is -0.382 e. The molecule has 90 valence electrons. The highest BCUT2D eigenvalue weighted by Gasteiger charge is 2.18. The van der Waals surface area contributed by atoms with Crippen molar-refractivity contribution in [3.63, 3.8) is 0 Å². The number of nitrogens with zero attached hydrogens (tertiary/aromatic N) is 1. The molecule has 0 spiro atoms. The van der Waals surface area contributed by atoms with Crippen molar-refractivity contribution in [3.8, 4) is 6.07 Å². The van der Waals surface area contributed by atoms with Crippen LogP contribution >= 0.6 is 0 Å². The zero-order valence-electron chi connectivity index (χ0n) is 9.62. The molecular weight excluding hydrogens is 217 g/mol. The first-order valence-electron chi connectivity index (χ1n) is 5.90. The Morgan fingerprint density at radius 3 is 2.59 bits per heavy atom. The van der Waals surface area contributed by atoms with E-state index in [1.165, 1.54) is 12.1 Å². The Balaban J connectivity index is 2.03. The van der Waals surface area contributed by atoms with E-state index in [9.17, 15) is 4.39 Å². The molecule has 1 aromatic carbocycles. The van der Waals surface area contributed by atoms with Gasteiger partial charge in [0.05, 0.1) is 11.6 Å². The van der Waals surface area contributed by atoms with Crippen LogP contribution in [0.15, 0.2) is 18.2 Å². The van der Waals surface area contributed by atoms with Crippen molar-refractivity contribution in [3.05, 3.63) is 29.6 Å². The van der Waals surface area contributed by atoms with Gasteiger partial charge in [0.1, 0.15) is 5.82 Å². The molecule has 1 saturated carbocycles. The number of anilines is 1. The zero-order valence-corrected chi connectivity index (χ0v) is 9.62. The predicted molar refractivity (Wildman–Crippen MR) is 65.0 cm³/mol. The lowest BCUT2D eigenvalue weighted by molar-refractivity contribution is 0.411. The number of rotatable bonds is 2. The van der Waals surface area contributed by atoms with Crippen molar-refractivity contribution >= 4 is 5.69 Å². The fraction of sp³-hybridized carbons (Fsp3) is 0.462. The Morgan fingerprint density at radius 1 is 1.24 bits per heavy atom. The van der Waals surface area contributed by atoms with Crippen molar-refractivity contribution in [2.75, 3.05) is 5.32 Å². The maximum atomic E-state index is 13.2. The first-order chi connectivity index (χ1) is 8.17. The standard InChI is InChI=1S/C13H16FN3/c14-10-5-9(8-15)6-13(7-10)17-12-3-1-11(16)2-4-12/h5-7,11-12,17H,1-4,16H2. The highest BCUT2D eigenvalue weighted by molar-refractivity contribution is 5.50. The third-order valence-electron chi connectivity index (χ3n) is 3.17. The second-order valence-corrected chi connectivity index (χ2v) is 4.60. The molecule has 0 bridgehead atoms. The molecule has 1 aromatic rings. The van der Waals surface area contributed by atoms with Gasteiger partial charge in [-0.2, -0.15) is 5.26 Å². The van der Waals surface area contributed by atoms with E-state index >= 15 is 0 Å². The SMILES string of the molecule is N#Cc1cc(F)cc(NC2CCC(N)CC2)c1. The second-order valence-electron chi connectivity index (χ2n) is 4.60. The van der Waals surface area contributed by atoms with E-state index in [4.69, 9.17) is 11.0 Å². The van der Waals surface area contributed by atoms with Crippen LogP contribution in [0.2, 0.25) is 0 Å². The first-order valence-corrected chi connectivity index (χ1v) is 5.90. The monoisotopic (exact) mass is 233 g/mol.